The number of carboxylic acid groups (broad SMARTS) is 1. The van der Waals surface area contributed by atoms with E-state index in [0.717, 1.165) is 12.1 Å². The minimum Gasteiger partial charge on any atom is -0.530 e. The number of pyridine rings is 1. The largest absolute Gasteiger partial charge is 0.530 e. The van der Waals surface area contributed by atoms with Crippen LogP contribution in [0.5, 0.6) is 17.2 Å². The van der Waals surface area contributed by atoms with Crippen LogP contribution in [0.3, 0.4) is 0 Å². The second-order valence-corrected chi connectivity index (χ2v) is 7.16. The number of benzene rings is 2. The van der Waals surface area contributed by atoms with Gasteiger partial charge in [-0.15, -0.1) is 0 Å². The first-order valence-corrected chi connectivity index (χ1v) is 9.91. The highest BCUT2D eigenvalue weighted by molar-refractivity contribution is 5.62. The van der Waals surface area contributed by atoms with Gasteiger partial charge in [0, 0.05) is 6.20 Å². The van der Waals surface area contributed by atoms with E-state index in [0.29, 0.717) is 17.1 Å². The van der Waals surface area contributed by atoms with E-state index in [1.165, 1.54) is 30.5 Å². The van der Waals surface area contributed by atoms with Gasteiger partial charge in [-0.3, -0.25) is 4.98 Å². The SMILES string of the molecule is O=C([O-])NC(Cc1cccc(OC(F)(F)C(F)F)c1)C(O)c1ccc(Oc2cccnc2)cc1. The van der Waals surface area contributed by atoms with Crippen molar-refractivity contribution in [2.24, 2.45) is 0 Å². The Morgan fingerprint density at radius 3 is 2.38 bits per heavy atom. The van der Waals surface area contributed by atoms with Crippen molar-refractivity contribution < 1.29 is 42.0 Å². The van der Waals surface area contributed by atoms with Gasteiger partial charge >= 0.3 is 12.5 Å². The van der Waals surface area contributed by atoms with Crippen molar-refractivity contribution in [3.05, 3.63) is 84.2 Å². The zero-order valence-corrected chi connectivity index (χ0v) is 17.4. The Hall–Kier alpha value is -3.86. The van der Waals surface area contributed by atoms with Crippen molar-refractivity contribution >= 4 is 6.09 Å². The van der Waals surface area contributed by atoms with E-state index in [4.69, 9.17) is 4.74 Å². The number of hydrogen-bond acceptors (Lipinski definition) is 6. The minimum absolute atomic E-state index is 0.180. The zero-order valence-electron chi connectivity index (χ0n) is 17.4. The van der Waals surface area contributed by atoms with Crippen LogP contribution in [0.4, 0.5) is 22.4 Å². The number of nitrogens with zero attached hydrogens (tertiary/aromatic N) is 1. The number of carbonyl (C=O) groups excluding carboxylic acids is 1. The molecule has 7 nitrogen and oxygen atoms in total. The number of halogens is 4. The van der Waals surface area contributed by atoms with E-state index in [-0.39, 0.29) is 12.0 Å². The topological polar surface area (TPSA) is 104 Å². The third kappa shape index (κ3) is 6.82. The lowest BCUT2D eigenvalue weighted by Gasteiger charge is -2.26. The fourth-order valence-electron chi connectivity index (χ4n) is 3.09. The summed E-state index contributed by atoms with van der Waals surface area (Å²) in [6.07, 6.45) is -8.84. The van der Waals surface area contributed by atoms with Crippen molar-refractivity contribution in [3.8, 4) is 17.2 Å². The summed E-state index contributed by atoms with van der Waals surface area (Å²) >= 11 is 0. The van der Waals surface area contributed by atoms with Crippen LogP contribution in [0, 0.1) is 0 Å². The summed E-state index contributed by atoms with van der Waals surface area (Å²) in [5, 5.41) is 24.0. The average molecular weight is 479 g/mol. The van der Waals surface area contributed by atoms with Gasteiger partial charge < -0.3 is 29.8 Å². The summed E-state index contributed by atoms with van der Waals surface area (Å²) < 4.78 is 60.8. The molecule has 0 aliphatic carbocycles. The van der Waals surface area contributed by atoms with Crippen LogP contribution in [0.25, 0.3) is 0 Å². The third-order valence-corrected chi connectivity index (χ3v) is 4.64. The van der Waals surface area contributed by atoms with E-state index >= 15 is 0 Å². The standard InChI is InChI=1S/C23H20F4N2O5/c24-21(25)23(26,27)34-17-4-1-3-14(11-17)12-19(29-22(31)32)20(30)15-6-8-16(9-7-15)33-18-5-2-10-28-13-18/h1-11,13,19-21,29-30H,12H2,(H,31,32)/p-1. The molecule has 34 heavy (non-hydrogen) atoms. The van der Waals surface area contributed by atoms with Gasteiger partial charge in [0.05, 0.1) is 18.3 Å². The van der Waals surface area contributed by atoms with Gasteiger partial charge in [-0.1, -0.05) is 24.3 Å². The molecule has 2 N–H and O–H groups in total. The third-order valence-electron chi connectivity index (χ3n) is 4.64. The predicted octanol–water partition coefficient (Wildman–Crippen LogP) is 3.69. The van der Waals surface area contributed by atoms with Crippen LogP contribution in [0.1, 0.15) is 17.2 Å². The molecule has 2 atom stereocenters. The fraction of sp³-hybridized carbons (Fsp3) is 0.217. The lowest BCUT2D eigenvalue weighted by Crippen LogP contribution is -2.47. The first kappa shape index (κ1) is 24.8. The highest BCUT2D eigenvalue weighted by atomic mass is 19.3. The number of aliphatic hydroxyl groups excluding tert-OH is 1. The van der Waals surface area contributed by atoms with Gasteiger partial charge in [0.25, 0.3) is 0 Å². The van der Waals surface area contributed by atoms with E-state index in [9.17, 15) is 32.6 Å². The molecule has 0 aliphatic rings. The molecule has 0 fully saturated rings. The number of carbonyl (C=O) groups is 1. The highest BCUT2D eigenvalue weighted by Gasteiger charge is 2.44. The van der Waals surface area contributed by atoms with E-state index in [2.05, 4.69) is 15.0 Å². The van der Waals surface area contributed by atoms with Crippen LogP contribution in [-0.4, -0.2) is 34.8 Å². The van der Waals surface area contributed by atoms with Gasteiger partial charge in [0.15, 0.2) is 0 Å². The lowest BCUT2D eigenvalue weighted by molar-refractivity contribution is -0.253. The first-order valence-electron chi connectivity index (χ1n) is 9.91. The van der Waals surface area contributed by atoms with Gasteiger partial charge in [0.1, 0.15) is 23.3 Å². The molecule has 3 rings (SSSR count). The monoisotopic (exact) mass is 479 g/mol. The van der Waals surface area contributed by atoms with Gasteiger partial charge in [-0.2, -0.15) is 17.6 Å². The quantitative estimate of drug-likeness (QED) is 0.430. The molecule has 2 unspecified atom stereocenters. The van der Waals surface area contributed by atoms with E-state index in [1.54, 1.807) is 30.5 Å². The smallest absolute Gasteiger partial charge is 0.461 e. The van der Waals surface area contributed by atoms with Crippen molar-refractivity contribution in [3.63, 3.8) is 0 Å². The van der Waals surface area contributed by atoms with Crippen molar-refractivity contribution in [1.82, 2.24) is 10.3 Å². The number of nitrogens with one attached hydrogen (secondary N) is 1. The number of amides is 1. The number of alkyl halides is 4. The number of aliphatic hydroxyl groups is 1. The van der Waals surface area contributed by atoms with Crippen molar-refractivity contribution in [2.45, 2.75) is 31.1 Å². The molecule has 3 aromatic rings. The molecule has 11 heteroatoms. The Morgan fingerprint density at radius 1 is 1.06 bits per heavy atom. The lowest BCUT2D eigenvalue weighted by atomic mass is 9.96. The summed E-state index contributed by atoms with van der Waals surface area (Å²) in [7, 11) is 0. The normalized spacial score (nSPS) is 13.2. The van der Waals surface area contributed by atoms with Crippen LogP contribution >= 0.6 is 0 Å². The summed E-state index contributed by atoms with van der Waals surface area (Å²) in [6.45, 7) is 0. The van der Waals surface area contributed by atoms with Crippen LogP contribution in [-0.2, 0) is 6.42 Å². The molecule has 0 spiro atoms. The maximum atomic E-state index is 13.2. The molecule has 2 aromatic carbocycles. The maximum absolute atomic E-state index is 13.2. The van der Waals surface area contributed by atoms with Crippen molar-refractivity contribution in [2.75, 3.05) is 0 Å². The van der Waals surface area contributed by atoms with Gasteiger partial charge in [-0.05, 0) is 53.9 Å². The molecule has 0 radical (unpaired) electrons. The van der Waals surface area contributed by atoms with Gasteiger partial charge in [0.2, 0.25) is 0 Å². The number of ether oxygens (including phenoxy) is 2. The summed E-state index contributed by atoms with van der Waals surface area (Å²) in [5.74, 6) is 0.395. The Morgan fingerprint density at radius 2 is 1.76 bits per heavy atom. The number of aromatic nitrogens is 1. The van der Waals surface area contributed by atoms with Crippen LogP contribution in [0.2, 0.25) is 0 Å². The van der Waals surface area contributed by atoms with Crippen LogP contribution in [0.15, 0.2) is 73.1 Å². The Kier molecular flexibility index (Phi) is 7.90. The van der Waals surface area contributed by atoms with E-state index < -0.39 is 36.5 Å². The second kappa shape index (κ2) is 10.8. The Bertz CT molecular complexity index is 1080. The molecule has 1 amide bonds. The zero-order chi connectivity index (χ0) is 24.7. The molecule has 1 aromatic heterocycles. The van der Waals surface area contributed by atoms with Crippen molar-refractivity contribution in [1.29, 1.82) is 0 Å². The second-order valence-electron chi connectivity index (χ2n) is 7.16. The summed E-state index contributed by atoms with van der Waals surface area (Å²) in [5.41, 5.74) is 0.575. The highest BCUT2D eigenvalue weighted by Crippen LogP contribution is 2.29. The minimum atomic E-state index is -4.69. The maximum Gasteiger partial charge on any atom is 0.461 e. The average Bonchev–Trinajstić information content (AvgIpc) is 2.79. The Labute approximate surface area is 191 Å². The molecule has 0 saturated carbocycles. The molecular formula is C23H19F4N2O5-. The molecule has 0 bridgehead atoms. The fourth-order valence-corrected chi connectivity index (χ4v) is 3.09. The molecule has 180 valence electrons. The molecular weight excluding hydrogens is 460 g/mol. The molecule has 1 heterocycles. The molecule has 0 saturated heterocycles. The molecule has 0 aliphatic heterocycles. The number of rotatable bonds is 10. The predicted molar refractivity (Wildman–Crippen MR) is 110 cm³/mol. The Balaban J connectivity index is 1.74. The van der Waals surface area contributed by atoms with E-state index in [1.807, 2.05) is 0 Å². The first-order chi connectivity index (χ1) is 16.1. The summed E-state index contributed by atoms with van der Waals surface area (Å²) in [4.78, 5) is 15.1. The number of hydrogen-bond donors (Lipinski definition) is 2. The van der Waals surface area contributed by atoms with Crippen LogP contribution < -0.4 is 19.9 Å². The summed E-state index contributed by atoms with van der Waals surface area (Å²) in [6, 6.07) is 13.2. The van der Waals surface area contributed by atoms with Gasteiger partial charge in [-0.25, -0.2) is 0 Å².